The molecular weight excluding hydrogens is 336 g/mol. The summed E-state index contributed by atoms with van der Waals surface area (Å²) in [7, 11) is 0. The van der Waals surface area contributed by atoms with Crippen LogP contribution in [-0.4, -0.2) is 85.6 Å². The molecule has 4 fully saturated rings. The molecule has 0 saturated carbocycles. The Morgan fingerprint density at radius 2 is 1.85 bits per heavy atom. The van der Waals surface area contributed by atoms with E-state index in [1.165, 1.54) is 37.9 Å². The molecule has 0 radical (unpaired) electrons. The number of nitrogens with zero attached hydrogens (tertiary/aromatic N) is 3. The predicted octanol–water partition coefficient (Wildman–Crippen LogP) is 1.45. The van der Waals surface area contributed by atoms with Gasteiger partial charge in [0.05, 0.1) is 6.54 Å². The van der Waals surface area contributed by atoms with Crippen LogP contribution in [0.5, 0.6) is 0 Å². The van der Waals surface area contributed by atoms with Crippen LogP contribution in [0.4, 0.5) is 0 Å². The number of amides is 1. The summed E-state index contributed by atoms with van der Waals surface area (Å²) in [6.07, 6.45) is 4.98. The van der Waals surface area contributed by atoms with Crippen molar-refractivity contribution in [2.45, 2.75) is 31.7 Å². The summed E-state index contributed by atoms with van der Waals surface area (Å²) in [6, 6.07) is 11.4. The zero-order chi connectivity index (χ0) is 18.5. The Morgan fingerprint density at radius 3 is 2.67 bits per heavy atom. The molecule has 2 bridgehead atoms. The van der Waals surface area contributed by atoms with Gasteiger partial charge in [-0.1, -0.05) is 30.3 Å². The van der Waals surface area contributed by atoms with Gasteiger partial charge in [0.2, 0.25) is 5.91 Å². The molecule has 1 aromatic rings. The Bertz CT molecular complexity index is 602. The van der Waals surface area contributed by atoms with Gasteiger partial charge in [-0.05, 0) is 43.7 Å². The first-order valence-corrected chi connectivity index (χ1v) is 10.8. The second-order valence-corrected chi connectivity index (χ2v) is 8.51. The fraction of sp³-hybridized carbons (Fsp3) is 0.682. The van der Waals surface area contributed by atoms with Crippen LogP contribution in [0.3, 0.4) is 0 Å². The molecular formula is C22H34N4O. The van der Waals surface area contributed by atoms with Crippen molar-refractivity contribution < 1.29 is 4.79 Å². The zero-order valence-electron chi connectivity index (χ0n) is 16.5. The number of hydrogen-bond acceptors (Lipinski definition) is 4. The highest BCUT2D eigenvalue weighted by Crippen LogP contribution is 2.28. The summed E-state index contributed by atoms with van der Waals surface area (Å²) < 4.78 is 0. The van der Waals surface area contributed by atoms with E-state index in [0.717, 1.165) is 51.6 Å². The van der Waals surface area contributed by atoms with Crippen molar-refractivity contribution in [3.8, 4) is 0 Å². The third-order valence-corrected chi connectivity index (χ3v) is 6.49. The van der Waals surface area contributed by atoms with Crippen molar-refractivity contribution in [3.05, 3.63) is 35.9 Å². The summed E-state index contributed by atoms with van der Waals surface area (Å²) in [6.45, 7) is 8.88. The maximum atomic E-state index is 12.7. The molecule has 1 N–H and O–H groups in total. The van der Waals surface area contributed by atoms with Gasteiger partial charge in [-0.3, -0.25) is 9.69 Å². The number of rotatable bonds is 6. The molecule has 5 heteroatoms. The van der Waals surface area contributed by atoms with Gasteiger partial charge < -0.3 is 15.1 Å². The molecule has 27 heavy (non-hydrogen) atoms. The van der Waals surface area contributed by atoms with Gasteiger partial charge in [0.25, 0.3) is 0 Å². The Labute approximate surface area is 163 Å². The van der Waals surface area contributed by atoms with Crippen molar-refractivity contribution in [2.75, 3.05) is 58.9 Å². The molecule has 148 valence electrons. The lowest BCUT2D eigenvalue weighted by atomic mass is 9.95. The smallest absolute Gasteiger partial charge is 0.236 e. The average Bonchev–Trinajstić information content (AvgIpc) is 3.00. The van der Waals surface area contributed by atoms with Crippen molar-refractivity contribution in [2.24, 2.45) is 5.92 Å². The molecule has 4 aliphatic heterocycles. The maximum absolute atomic E-state index is 12.7. The highest BCUT2D eigenvalue weighted by atomic mass is 16.2. The maximum Gasteiger partial charge on any atom is 0.236 e. The van der Waals surface area contributed by atoms with Crippen LogP contribution < -0.4 is 5.32 Å². The summed E-state index contributed by atoms with van der Waals surface area (Å²) in [5, 5.41) is 3.33. The van der Waals surface area contributed by atoms with E-state index in [4.69, 9.17) is 0 Å². The van der Waals surface area contributed by atoms with Crippen LogP contribution in [0.2, 0.25) is 0 Å². The van der Waals surface area contributed by atoms with Crippen LogP contribution in [0, 0.1) is 5.92 Å². The summed E-state index contributed by atoms with van der Waals surface area (Å²) in [5.41, 5.74) is 1.44. The van der Waals surface area contributed by atoms with Crippen molar-refractivity contribution >= 4 is 5.91 Å². The number of piperidine rings is 1. The van der Waals surface area contributed by atoms with Gasteiger partial charge in [-0.2, -0.15) is 0 Å². The van der Waals surface area contributed by atoms with Gasteiger partial charge in [0, 0.05) is 51.9 Å². The fourth-order valence-electron chi connectivity index (χ4n) is 4.99. The Morgan fingerprint density at radius 1 is 1.04 bits per heavy atom. The third kappa shape index (κ3) is 5.09. The average molecular weight is 371 g/mol. The van der Waals surface area contributed by atoms with E-state index in [1.807, 2.05) is 4.90 Å². The molecule has 4 saturated heterocycles. The molecule has 5 rings (SSSR count). The van der Waals surface area contributed by atoms with Gasteiger partial charge in [0.1, 0.15) is 0 Å². The van der Waals surface area contributed by atoms with Crippen molar-refractivity contribution in [3.63, 3.8) is 0 Å². The third-order valence-electron chi connectivity index (χ3n) is 6.49. The summed E-state index contributed by atoms with van der Waals surface area (Å²) in [4.78, 5) is 19.9. The number of carbonyl (C=O) groups is 1. The SMILES string of the molecule is O=C(CN1C[C@@H]2CC[C@H]1CN(CCCc1ccccc1)C2)N1CCNCC1. The number of carbonyl (C=O) groups excluding carboxylic acids is 1. The first kappa shape index (κ1) is 18.9. The van der Waals surface area contributed by atoms with Gasteiger partial charge in [0.15, 0.2) is 0 Å². The van der Waals surface area contributed by atoms with E-state index in [2.05, 4.69) is 45.4 Å². The minimum absolute atomic E-state index is 0.333. The molecule has 0 aliphatic carbocycles. The van der Waals surface area contributed by atoms with Gasteiger partial charge in [-0.25, -0.2) is 0 Å². The Balaban J connectivity index is 1.27. The monoisotopic (exact) mass is 370 g/mol. The van der Waals surface area contributed by atoms with E-state index >= 15 is 0 Å². The minimum atomic E-state index is 0.333. The lowest BCUT2D eigenvalue weighted by molar-refractivity contribution is -0.134. The second kappa shape index (κ2) is 9.18. The Hall–Kier alpha value is -1.43. The van der Waals surface area contributed by atoms with Gasteiger partial charge in [-0.15, -0.1) is 0 Å². The van der Waals surface area contributed by atoms with Crippen molar-refractivity contribution in [1.82, 2.24) is 20.0 Å². The lowest BCUT2D eigenvalue weighted by Crippen LogP contribution is -2.53. The van der Waals surface area contributed by atoms with E-state index in [9.17, 15) is 4.79 Å². The first-order chi connectivity index (χ1) is 13.3. The number of nitrogens with one attached hydrogen (secondary N) is 1. The molecule has 4 aliphatic rings. The summed E-state index contributed by atoms with van der Waals surface area (Å²) in [5.74, 6) is 1.07. The van der Waals surface area contributed by atoms with Crippen LogP contribution >= 0.6 is 0 Å². The normalized spacial score (nSPS) is 26.9. The predicted molar refractivity (Wildman–Crippen MR) is 109 cm³/mol. The van der Waals surface area contributed by atoms with Crippen LogP contribution in [0.15, 0.2) is 30.3 Å². The molecule has 0 aromatic heterocycles. The van der Waals surface area contributed by atoms with Crippen molar-refractivity contribution in [1.29, 1.82) is 0 Å². The topological polar surface area (TPSA) is 38.8 Å². The number of benzene rings is 1. The molecule has 4 heterocycles. The van der Waals surface area contributed by atoms with E-state index in [-0.39, 0.29) is 0 Å². The minimum Gasteiger partial charge on any atom is -0.339 e. The molecule has 0 unspecified atom stereocenters. The van der Waals surface area contributed by atoms with Crippen LogP contribution in [0.1, 0.15) is 24.8 Å². The fourth-order valence-corrected chi connectivity index (χ4v) is 4.99. The largest absolute Gasteiger partial charge is 0.339 e. The summed E-state index contributed by atoms with van der Waals surface area (Å²) >= 11 is 0. The quantitative estimate of drug-likeness (QED) is 0.823. The number of aryl methyl sites for hydroxylation is 1. The molecule has 5 nitrogen and oxygen atoms in total. The molecule has 0 spiro atoms. The standard InChI is InChI=1S/C22H34N4O/c27-22(25-13-10-23-11-14-25)18-26-16-20-8-9-21(26)17-24(15-20)12-4-7-19-5-2-1-3-6-19/h1-3,5-6,20-21,23H,4,7-18H2/t20-,21+/m1/s1. The molecule has 1 amide bonds. The highest BCUT2D eigenvalue weighted by molar-refractivity contribution is 5.78. The van der Waals surface area contributed by atoms with Gasteiger partial charge >= 0.3 is 0 Å². The number of fused-ring (bicyclic) bond motifs is 4. The van der Waals surface area contributed by atoms with Crippen LogP contribution in [-0.2, 0) is 11.2 Å². The van der Waals surface area contributed by atoms with E-state index in [1.54, 1.807) is 0 Å². The molecule has 1 aromatic carbocycles. The number of piperazine rings is 1. The van der Waals surface area contributed by atoms with Crippen LogP contribution in [0.25, 0.3) is 0 Å². The first-order valence-electron chi connectivity index (χ1n) is 10.8. The Kier molecular flexibility index (Phi) is 6.43. The van der Waals surface area contributed by atoms with E-state index in [0.29, 0.717) is 18.5 Å². The lowest BCUT2D eigenvalue weighted by Gasteiger charge is -2.37. The highest BCUT2D eigenvalue weighted by Gasteiger charge is 2.35. The molecule has 2 atom stereocenters. The number of hydrogen-bond donors (Lipinski definition) is 1. The second-order valence-electron chi connectivity index (χ2n) is 8.51. The zero-order valence-corrected chi connectivity index (χ0v) is 16.5. The van der Waals surface area contributed by atoms with E-state index < -0.39 is 0 Å².